The number of allylic oxidation sites excluding steroid dienone is 9. The van der Waals surface area contributed by atoms with Gasteiger partial charge in [0.05, 0.1) is 24.3 Å². The van der Waals surface area contributed by atoms with E-state index in [0.717, 1.165) is 25.3 Å². The van der Waals surface area contributed by atoms with E-state index in [-0.39, 0.29) is 30.0 Å². The van der Waals surface area contributed by atoms with Crippen LogP contribution in [0.15, 0.2) is 83.2 Å². The van der Waals surface area contributed by atoms with E-state index in [2.05, 4.69) is 10.6 Å². The minimum absolute atomic E-state index is 0.0598. The summed E-state index contributed by atoms with van der Waals surface area (Å²) in [6, 6.07) is -0.881. The fraction of sp³-hybridized carbons (Fsp3) is 0.472. The topological polar surface area (TPSA) is 148 Å². The number of carbonyl (C=O) groups excluding carboxylic acids is 5. The number of nitrogens with one attached hydrogen (secondary N) is 2. The van der Waals surface area contributed by atoms with Crippen molar-refractivity contribution < 1.29 is 38.6 Å². The average Bonchev–Trinajstić information content (AvgIpc) is 3.04. The third-order valence-corrected chi connectivity index (χ3v) is 8.25. The Labute approximate surface area is 271 Å². The van der Waals surface area contributed by atoms with Crippen LogP contribution in [0.3, 0.4) is 0 Å². The first-order valence-electron chi connectivity index (χ1n) is 15.9. The molecule has 2 aliphatic carbocycles. The molecule has 0 spiro atoms. The Balaban J connectivity index is 1.80. The molecule has 10 nitrogen and oxygen atoms in total. The van der Waals surface area contributed by atoms with Gasteiger partial charge in [-0.15, -0.1) is 0 Å². The van der Waals surface area contributed by atoms with E-state index in [0.29, 0.717) is 30.4 Å². The normalized spacial score (nSPS) is 29.2. The summed E-state index contributed by atoms with van der Waals surface area (Å²) in [5.41, 5.74) is 1.47. The predicted octanol–water partition coefficient (Wildman–Crippen LogP) is 4.18. The number of aliphatic hydroxyl groups is 1. The molecule has 46 heavy (non-hydrogen) atoms. The lowest BCUT2D eigenvalue weighted by atomic mass is 9.90. The number of Topliss-reactive ketones (excluding diaryl/α,β-unsaturated/α-hetero) is 1. The molecule has 2 amide bonds. The molecule has 1 unspecified atom stereocenters. The van der Waals surface area contributed by atoms with E-state index in [4.69, 9.17) is 9.47 Å². The van der Waals surface area contributed by atoms with Gasteiger partial charge in [0.15, 0.2) is 5.78 Å². The molecule has 0 fully saturated rings. The molecule has 10 heteroatoms. The second kappa shape index (κ2) is 18.1. The lowest BCUT2D eigenvalue weighted by Crippen LogP contribution is -2.43. The third kappa shape index (κ3) is 11.0. The number of ketones is 2. The number of aliphatic hydroxyl groups excluding tert-OH is 1. The van der Waals surface area contributed by atoms with Gasteiger partial charge in [0.25, 0.3) is 0 Å². The molecule has 3 rings (SSSR count). The highest BCUT2D eigenvalue weighted by molar-refractivity contribution is 6.21. The lowest BCUT2D eigenvalue weighted by Gasteiger charge is -2.29. The summed E-state index contributed by atoms with van der Waals surface area (Å²) in [5.74, 6) is -2.69. The molecule has 0 aromatic carbocycles. The number of methoxy groups -OCH3 is 1. The number of esters is 1. The number of carbonyl (C=O) groups is 5. The van der Waals surface area contributed by atoms with Crippen LogP contribution < -0.4 is 10.6 Å². The second-order valence-corrected chi connectivity index (χ2v) is 11.9. The Morgan fingerprint density at radius 1 is 1.02 bits per heavy atom. The lowest BCUT2D eigenvalue weighted by molar-refractivity contribution is -0.156. The highest BCUT2D eigenvalue weighted by Gasteiger charge is 2.30. The molecule has 3 N–H and O–H groups in total. The summed E-state index contributed by atoms with van der Waals surface area (Å²) in [7, 11) is 1.47. The molecule has 0 aromatic rings. The smallest absolute Gasteiger partial charge is 0.328 e. The van der Waals surface area contributed by atoms with Crippen LogP contribution in [0.25, 0.3) is 0 Å². The van der Waals surface area contributed by atoms with Gasteiger partial charge in [-0.3, -0.25) is 19.2 Å². The zero-order chi connectivity index (χ0) is 33.6. The highest BCUT2D eigenvalue weighted by atomic mass is 16.5. The SMILES string of the molecule is COC1/C=C/C=C/C=C/C[C@H](OC(=O)[C@@H](C)NC(=O)C2=CCCCC2)[C@@H](C)[C@@H](O)/C(C)=C\CCC2=CC(=O)C=C(NC(=O)C1)C2=O. The number of hydrogen-bond donors (Lipinski definition) is 3. The van der Waals surface area contributed by atoms with E-state index >= 15 is 0 Å². The monoisotopic (exact) mass is 634 g/mol. The van der Waals surface area contributed by atoms with Crippen molar-refractivity contribution in [1.29, 1.82) is 0 Å². The summed E-state index contributed by atoms with van der Waals surface area (Å²) in [4.78, 5) is 63.8. The highest BCUT2D eigenvalue weighted by Crippen LogP contribution is 2.24. The van der Waals surface area contributed by atoms with Crippen molar-refractivity contribution in [3.05, 3.63) is 83.2 Å². The first-order chi connectivity index (χ1) is 22.0. The van der Waals surface area contributed by atoms with E-state index in [1.165, 1.54) is 13.2 Å². The molecule has 1 heterocycles. The van der Waals surface area contributed by atoms with Crippen molar-refractivity contribution in [3.8, 4) is 0 Å². The van der Waals surface area contributed by atoms with E-state index < -0.39 is 53.7 Å². The van der Waals surface area contributed by atoms with E-state index in [9.17, 15) is 29.1 Å². The molecule has 0 radical (unpaired) electrons. The Morgan fingerprint density at radius 3 is 2.50 bits per heavy atom. The fourth-order valence-corrected chi connectivity index (χ4v) is 5.37. The minimum atomic E-state index is -0.977. The van der Waals surface area contributed by atoms with E-state index in [1.807, 2.05) is 12.2 Å². The van der Waals surface area contributed by atoms with Gasteiger partial charge in [-0.05, 0) is 64.0 Å². The van der Waals surface area contributed by atoms with Crippen LogP contribution in [0.4, 0.5) is 0 Å². The van der Waals surface area contributed by atoms with Gasteiger partial charge in [-0.25, -0.2) is 4.79 Å². The van der Waals surface area contributed by atoms with Gasteiger partial charge in [-0.1, -0.05) is 55.5 Å². The van der Waals surface area contributed by atoms with Crippen molar-refractivity contribution in [2.24, 2.45) is 5.92 Å². The first-order valence-corrected chi connectivity index (χ1v) is 15.9. The Bertz CT molecular complexity index is 1380. The maximum atomic E-state index is 13.1. The molecule has 0 aromatic heterocycles. The van der Waals surface area contributed by atoms with Crippen LogP contribution in [0.2, 0.25) is 0 Å². The van der Waals surface area contributed by atoms with Crippen LogP contribution in [0.5, 0.6) is 0 Å². The Hall–Kier alpha value is -4.15. The minimum Gasteiger partial charge on any atom is -0.460 e. The molecular weight excluding hydrogens is 588 g/mol. The molecule has 0 saturated heterocycles. The van der Waals surface area contributed by atoms with Gasteiger partial charge in [0.1, 0.15) is 12.1 Å². The molecular formula is C36H46N2O8. The van der Waals surface area contributed by atoms with Gasteiger partial charge in [0.2, 0.25) is 17.6 Å². The standard InChI is InChI=1S/C36H46N2O8/c1-23-14-13-17-27-20-28(39)21-30(34(27)42)38-32(40)22-29(45-4)18-11-6-5-7-12-19-31(24(2)33(23)41)46-36(44)25(3)37-35(43)26-15-9-8-10-16-26/h5-7,11-12,14-15,18,20-21,24-25,29,31,33,41H,8-10,13,16-17,19,22H2,1-4H3,(H,37,43)(H,38,40)/b6-5+,12-7+,18-11+,23-14-/t24-,25-,29?,31+,33+/m1/s1. The summed E-state index contributed by atoms with van der Waals surface area (Å²) in [5, 5.41) is 16.5. The van der Waals surface area contributed by atoms with Crippen molar-refractivity contribution >= 4 is 29.4 Å². The number of fused-ring (bicyclic) bond motifs is 2. The van der Waals surface area contributed by atoms with Crippen molar-refractivity contribution in [1.82, 2.24) is 10.6 Å². The first kappa shape index (κ1) is 36.3. The fourth-order valence-electron chi connectivity index (χ4n) is 5.37. The van der Waals surface area contributed by atoms with Crippen molar-refractivity contribution in [3.63, 3.8) is 0 Å². The van der Waals surface area contributed by atoms with E-state index in [1.54, 1.807) is 57.2 Å². The molecule has 0 saturated carbocycles. The summed E-state index contributed by atoms with van der Waals surface area (Å²) >= 11 is 0. The average molecular weight is 635 g/mol. The van der Waals surface area contributed by atoms with Crippen LogP contribution in [0, 0.1) is 5.92 Å². The number of hydrogen-bond acceptors (Lipinski definition) is 8. The Morgan fingerprint density at radius 2 is 1.78 bits per heavy atom. The number of ether oxygens (including phenoxy) is 2. The summed E-state index contributed by atoms with van der Waals surface area (Å²) in [6.45, 7) is 5.12. The van der Waals surface area contributed by atoms with Crippen LogP contribution in [-0.4, -0.2) is 65.9 Å². The molecule has 1 aliphatic heterocycles. The maximum Gasteiger partial charge on any atom is 0.328 e. The molecule has 2 bridgehead atoms. The van der Waals surface area contributed by atoms with Crippen LogP contribution in [-0.2, 0) is 33.4 Å². The Kier molecular flexibility index (Phi) is 14.3. The quantitative estimate of drug-likeness (QED) is 0.232. The van der Waals surface area contributed by atoms with Gasteiger partial charge < -0.3 is 25.2 Å². The van der Waals surface area contributed by atoms with Gasteiger partial charge in [-0.2, -0.15) is 0 Å². The zero-order valence-electron chi connectivity index (χ0n) is 27.1. The molecule has 3 aliphatic rings. The van der Waals surface area contributed by atoms with Gasteiger partial charge >= 0.3 is 5.97 Å². The second-order valence-electron chi connectivity index (χ2n) is 11.9. The molecule has 5 atom stereocenters. The van der Waals surface area contributed by atoms with Crippen LogP contribution in [0.1, 0.15) is 72.1 Å². The number of amides is 2. The zero-order valence-corrected chi connectivity index (χ0v) is 27.1. The third-order valence-electron chi connectivity index (χ3n) is 8.25. The summed E-state index contributed by atoms with van der Waals surface area (Å²) < 4.78 is 11.2. The van der Waals surface area contributed by atoms with Gasteiger partial charge in [0, 0.05) is 36.7 Å². The van der Waals surface area contributed by atoms with Crippen LogP contribution >= 0.6 is 0 Å². The molecule has 248 valence electrons. The maximum absolute atomic E-state index is 13.1. The van der Waals surface area contributed by atoms with Crippen molar-refractivity contribution in [2.45, 2.75) is 96.5 Å². The van der Waals surface area contributed by atoms with Crippen molar-refractivity contribution in [2.75, 3.05) is 7.11 Å². The largest absolute Gasteiger partial charge is 0.460 e. The number of rotatable bonds is 5. The predicted molar refractivity (Wildman–Crippen MR) is 174 cm³/mol. The summed E-state index contributed by atoms with van der Waals surface area (Å²) in [6.07, 6.45) is 18.7.